The average Bonchev–Trinajstić information content (AvgIpc) is 2.78. The molecule has 0 amide bonds. The summed E-state index contributed by atoms with van der Waals surface area (Å²) in [6.45, 7) is 2.29. The Kier molecular flexibility index (Phi) is 3.53. The van der Waals surface area contributed by atoms with Crippen LogP contribution in [0.2, 0.25) is 0 Å². The second-order valence-electron chi connectivity index (χ2n) is 5.30. The van der Waals surface area contributed by atoms with Gasteiger partial charge in [-0.25, -0.2) is 0 Å². The van der Waals surface area contributed by atoms with Crippen LogP contribution in [0.25, 0.3) is 10.9 Å². The molecule has 7 heteroatoms. The molecule has 7 nitrogen and oxygen atoms in total. The van der Waals surface area contributed by atoms with Crippen LogP contribution in [0.1, 0.15) is 11.1 Å². The number of benzene rings is 2. The zero-order chi connectivity index (χ0) is 16.6. The van der Waals surface area contributed by atoms with Crippen molar-refractivity contribution in [3.05, 3.63) is 68.6 Å². The minimum Gasteiger partial charge on any atom is -0.493 e. The first-order valence-corrected chi connectivity index (χ1v) is 6.89. The highest BCUT2D eigenvalue weighted by Gasteiger charge is 2.20. The lowest BCUT2D eigenvalue weighted by atomic mass is 10.1. The van der Waals surface area contributed by atoms with Gasteiger partial charge in [0.25, 0.3) is 5.69 Å². The Labute approximate surface area is 130 Å². The summed E-state index contributed by atoms with van der Waals surface area (Å²) in [5.41, 5.74) is 2.19. The quantitative estimate of drug-likeness (QED) is 0.447. The number of nitro groups is 1. The molecule has 1 heterocycles. The molecule has 0 bridgehead atoms. The predicted molar refractivity (Wildman–Crippen MR) is 86.0 cm³/mol. The monoisotopic (exact) mass is 311 g/mol. The highest BCUT2D eigenvalue weighted by Crippen LogP contribution is 2.40. The third kappa shape index (κ3) is 2.52. The molecule has 0 aliphatic rings. The number of nitrogens with zero attached hydrogens (tertiary/aromatic N) is 3. The Hall–Kier alpha value is -3.22. The van der Waals surface area contributed by atoms with Crippen molar-refractivity contribution in [2.24, 2.45) is 5.18 Å². The van der Waals surface area contributed by atoms with E-state index >= 15 is 0 Å². The first kappa shape index (κ1) is 14.7. The van der Waals surface area contributed by atoms with Crippen LogP contribution >= 0.6 is 0 Å². The second kappa shape index (κ2) is 5.53. The molecule has 1 N–H and O–H groups in total. The number of fused-ring (bicyclic) bond motifs is 1. The third-order valence-corrected chi connectivity index (χ3v) is 3.72. The van der Waals surface area contributed by atoms with Gasteiger partial charge in [-0.15, -0.1) is 4.91 Å². The van der Waals surface area contributed by atoms with E-state index in [9.17, 15) is 20.1 Å². The van der Waals surface area contributed by atoms with Crippen LogP contribution in [0, 0.1) is 21.9 Å². The Balaban J connectivity index is 2.18. The van der Waals surface area contributed by atoms with Crippen molar-refractivity contribution in [2.75, 3.05) is 0 Å². The zero-order valence-corrected chi connectivity index (χ0v) is 12.3. The molecule has 0 saturated carbocycles. The number of aromatic hydroxyl groups is 1. The van der Waals surface area contributed by atoms with Crippen molar-refractivity contribution in [3.63, 3.8) is 0 Å². The number of aryl methyl sites for hydroxylation is 1. The van der Waals surface area contributed by atoms with Crippen molar-refractivity contribution >= 4 is 22.3 Å². The van der Waals surface area contributed by atoms with Gasteiger partial charge in [-0.05, 0) is 23.7 Å². The fraction of sp³-hybridized carbons (Fsp3) is 0.125. The van der Waals surface area contributed by atoms with Gasteiger partial charge < -0.3 is 9.67 Å². The minimum atomic E-state index is -0.553. The van der Waals surface area contributed by atoms with Crippen molar-refractivity contribution in [1.82, 2.24) is 4.57 Å². The molecule has 0 aliphatic heterocycles. The van der Waals surface area contributed by atoms with E-state index in [0.29, 0.717) is 12.1 Å². The van der Waals surface area contributed by atoms with Crippen molar-refractivity contribution < 1.29 is 10.0 Å². The molecule has 3 rings (SSSR count). The number of non-ortho nitro benzene ring substituents is 1. The lowest BCUT2D eigenvalue weighted by Gasteiger charge is -2.07. The second-order valence-corrected chi connectivity index (χ2v) is 5.30. The van der Waals surface area contributed by atoms with E-state index in [4.69, 9.17) is 0 Å². The average molecular weight is 311 g/mol. The molecule has 1 aromatic heterocycles. The predicted octanol–water partition coefficient (Wildman–Crippen LogP) is 4.01. The summed E-state index contributed by atoms with van der Waals surface area (Å²) >= 11 is 0. The van der Waals surface area contributed by atoms with Crippen LogP contribution in [0.4, 0.5) is 11.4 Å². The van der Waals surface area contributed by atoms with Gasteiger partial charge in [-0.3, -0.25) is 10.1 Å². The molecule has 0 atom stereocenters. The van der Waals surface area contributed by atoms with E-state index in [2.05, 4.69) is 5.18 Å². The number of aromatic nitrogens is 1. The van der Waals surface area contributed by atoms with Gasteiger partial charge in [0, 0.05) is 17.5 Å². The molecule has 116 valence electrons. The van der Waals surface area contributed by atoms with Crippen LogP contribution in [-0.4, -0.2) is 14.6 Å². The number of hydrogen-bond acceptors (Lipinski definition) is 5. The highest BCUT2D eigenvalue weighted by molar-refractivity contribution is 5.96. The summed E-state index contributed by atoms with van der Waals surface area (Å²) in [5, 5.41) is 24.3. The van der Waals surface area contributed by atoms with Crippen LogP contribution in [-0.2, 0) is 6.54 Å². The summed E-state index contributed by atoms with van der Waals surface area (Å²) in [6.07, 6.45) is 0. The Morgan fingerprint density at radius 2 is 2.04 bits per heavy atom. The third-order valence-electron chi connectivity index (χ3n) is 3.72. The molecular weight excluding hydrogens is 298 g/mol. The fourth-order valence-corrected chi connectivity index (χ4v) is 2.67. The summed E-state index contributed by atoms with van der Waals surface area (Å²) in [7, 11) is 0. The molecule has 0 spiro atoms. The number of nitroso groups, excluding NO2 is 1. The summed E-state index contributed by atoms with van der Waals surface area (Å²) in [5.74, 6) is -0.294. The van der Waals surface area contributed by atoms with Crippen LogP contribution < -0.4 is 0 Å². The normalized spacial score (nSPS) is 10.8. The summed E-state index contributed by atoms with van der Waals surface area (Å²) < 4.78 is 1.52. The molecule has 3 aromatic rings. The maximum Gasteiger partial charge on any atom is 0.270 e. The molecule has 0 aliphatic carbocycles. The van der Waals surface area contributed by atoms with Gasteiger partial charge in [0.1, 0.15) is 0 Å². The Bertz CT molecular complexity index is 930. The van der Waals surface area contributed by atoms with E-state index < -0.39 is 4.92 Å². The highest BCUT2D eigenvalue weighted by atomic mass is 16.6. The molecule has 23 heavy (non-hydrogen) atoms. The van der Waals surface area contributed by atoms with E-state index in [0.717, 1.165) is 11.1 Å². The topological polar surface area (TPSA) is 97.7 Å². The smallest absolute Gasteiger partial charge is 0.270 e. The van der Waals surface area contributed by atoms with Gasteiger partial charge in [-0.2, -0.15) is 0 Å². The van der Waals surface area contributed by atoms with Crippen molar-refractivity contribution in [2.45, 2.75) is 13.5 Å². The molecule has 0 unspecified atom stereocenters. The van der Waals surface area contributed by atoms with Gasteiger partial charge in [0.05, 0.1) is 17.0 Å². The fourth-order valence-electron chi connectivity index (χ4n) is 2.67. The first-order chi connectivity index (χ1) is 11.0. The molecule has 2 aromatic carbocycles. The van der Waals surface area contributed by atoms with Crippen LogP contribution in [0.5, 0.6) is 5.88 Å². The van der Waals surface area contributed by atoms with Crippen LogP contribution in [0.15, 0.2) is 47.6 Å². The molecule has 0 radical (unpaired) electrons. The lowest BCUT2D eigenvalue weighted by Crippen LogP contribution is -1.99. The number of nitro benzene ring substituents is 1. The van der Waals surface area contributed by atoms with E-state index in [1.807, 2.05) is 31.2 Å². The largest absolute Gasteiger partial charge is 0.493 e. The van der Waals surface area contributed by atoms with Crippen molar-refractivity contribution in [3.8, 4) is 5.88 Å². The Morgan fingerprint density at radius 1 is 1.26 bits per heavy atom. The minimum absolute atomic E-state index is 0.157. The standard InChI is InChI=1S/C16H13N3O4/c1-10-3-2-4-11(7-10)9-18-14-6-5-12(19(22)23)8-13(14)15(17-21)16(18)20/h2-8,20H,9H2,1H3. The molecular formula is C16H13N3O4. The van der Waals surface area contributed by atoms with Gasteiger partial charge in [-0.1, -0.05) is 29.8 Å². The van der Waals surface area contributed by atoms with E-state index in [-0.39, 0.29) is 22.6 Å². The van der Waals surface area contributed by atoms with Crippen LogP contribution in [0.3, 0.4) is 0 Å². The van der Waals surface area contributed by atoms with E-state index in [1.54, 1.807) is 0 Å². The van der Waals surface area contributed by atoms with Gasteiger partial charge in [0.15, 0.2) is 5.69 Å². The zero-order valence-electron chi connectivity index (χ0n) is 12.3. The molecule has 0 saturated heterocycles. The van der Waals surface area contributed by atoms with Crippen molar-refractivity contribution in [1.29, 1.82) is 0 Å². The van der Waals surface area contributed by atoms with Gasteiger partial charge in [0.2, 0.25) is 5.88 Å². The lowest BCUT2D eigenvalue weighted by molar-refractivity contribution is -0.384. The number of hydrogen-bond donors (Lipinski definition) is 1. The van der Waals surface area contributed by atoms with Gasteiger partial charge >= 0.3 is 0 Å². The van der Waals surface area contributed by atoms with E-state index in [1.165, 1.54) is 22.8 Å². The number of rotatable bonds is 4. The maximum atomic E-state index is 11.0. The first-order valence-electron chi connectivity index (χ1n) is 6.89. The maximum absolute atomic E-state index is 11.0. The molecule has 0 fully saturated rings. The summed E-state index contributed by atoms with van der Waals surface area (Å²) in [4.78, 5) is 21.4. The Morgan fingerprint density at radius 3 is 2.70 bits per heavy atom. The summed E-state index contributed by atoms with van der Waals surface area (Å²) in [6, 6.07) is 11.8. The SMILES string of the molecule is Cc1cccc(Cn2c(O)c(N=O)c3cc([N+](=O)[O-])ccc32)c1.